The van der Waals surface area contributed by atoms with E-state index in [1.54, 1.807) is 0 Å². The van der Waals surface area contributed by atoms with E-state index in [9.17, 15) is 0 Å². The van der Waals surface area contributed by atoms with Crippen molar-refractivity contribution in [2.45, 2.75) is 40.9 Å². The molecular formula is C41H31FN4SSi. The zero-order chi connectivity index (χ0) is 32.1. The van der Waals surface area contributed by atoms with Crippen LogP contribution in [0, 0.1) is 0 Å². The third-order valence-corrected chi connectivity index (χ3v) is 15.6. The molecule has 0 saturated heterocycles. The topological polar surface area (TPSA) is 35.6 Å². The molecule has 0 radical (unpaired) electrons. The van der Waals surface area contributed by atoms with Gasteiger partial charge in [-0.05, 0) is 75.6 Å². The third kappa shape index (κ3) is 3.95. The zero-order valence-corrected chi connectivity index (χ0v) is 28.3. The molecule has 232 valence electrons. The lowest BCUT2D eigenvalue weighted by Gasteiger charge is -2.33. The predicted octanol–water partition coefficient (Wildman–Crippen LogP) is 9.04. The molecule has 0 saturated carbocycles. The van der Waals surface area contributed by atoms with E-state index in [1.165, 1.54) is 31.1 Å². The molecule has 3 aliphatic rings. The first-order valence-corrected chi connectivity index (χ1v) is 20.3. The van der Waals surface area contributed by atoms with Crippen molar-refractivity contribution >= 4 is 52.1 Å². The Morgan fingerprint density at radius 3 is 2.60 bits per heavy atom. The van der Waals surface area contributed by atoms with Crippen LogP contribution in [0.15, 0.2) is 149 Å². The number of aromatic nitrogens is 4. The van der Waals surface area contributed by atoms with Crippen molar-refractivity contribution in [2.24, 2.45) is 0 Å². The molecule has 7 aromatic rings. The maximum Gasteiger partial charge on any atom is 0.150 e. The number of halogens is 1. The molecule has 0 N–H and O–H groups in total. The van der Waals surface area contributed by atoms with E-state index >= 15 is 4.39 Å². The first kappa shape index (κ1) is 28.1. The van der Waals surface area contributed by atoms with E-state index < -0.39 is 14.2 Å². The summed E-state index contributed by atoms with van der Waals surface area (Å²) in [6.45, 7) is 4.90. The van der Waals surface area contributed by atoms with Crippen LogP contribution in [0.1, 0.15) is 35.0 Å². The minimum absolute atomic E-state index is 0.0282. The van der Waals surface area contributed by atoms with Gasteiger partial charge in [0, 0.05) is 56.7 Å². The van der Waals surface area contributed by atoms with E-state index in [1.807, 2.05) is 60.7 Å². The second-order valence-corrected chi connectivity index (χ2v) is 19.0. The second kappa shape index (κ2) is 10.3. The van der Waals surface area contributed by atoms with Crippen LogP contribution >= 0.6 is 11.8 Å². The maximum absolute atomic E-state index is 16.7. The fourth-order valence-corrected chi connectivity index (χ4v) is 13.6. The molecule has 4 aromatic carbocycles. The Morgan fingerprint density at radius 2 is 1.67 bits per heavy atom. The third-order valence-electron chi connectivity index (χ3n) is 10.6. The molecule has 5 heterocycles. The number of para-hydroxylation sites is 1. The Labute approximate surface area is 283 Å². The van der Waals surface area contributed by atoms with Gasteiger partial charge in [-0.2, -0.15) is 0 Å². The number of benzene rings is 4. The number of hydrogen-bond acceptors (Lipinski definition) is 3. The number of nitrogens with zero attached hydrogens (tertiary/aromatic N) is 4. The van der Waals surface area contributed by atoms with Gasteiger partial charge in [-0.3, -0.25) is 4.57 Å². The average molecular weight is 659 g/mol. The molecule has 0 bridgehead atoms. The lowest BCUT2D eigenvalue weighted by atomic mass is 9.77. The molecular weight excluding hydrogens is 628 g/mol. The standard InChI is InChI=1S/C41H31FN4SSi/c1-48(2)37-15-6-5-14-35(37)47-36-23-31-30-12-8-18-43-41(30)46(34(31)24-38(36)48)27-10-7-9-25(21-27)39(42)26-16-17-28-29-11-3-4-13-33(29)45-20-19-44-40(45)32(28)22-26/h3-24,28,32,39H,1-2H3. The average Bonchev–Trinajstić information content (AvgIpc) is 3.75. The summed E-state index contributed by atoms with van der Waals surface area (Å²) in [7, 11) is -1.97. The van der Waals surface area contributed by atoms with Crippen LogP contribution < -0.4 is 10.4 Å². The van der Waals surface area contributed by atoms with Crippen LogP contribution in [0.4, 0.5) is 4.39 Å². The minimum atomic E-state index is -1.97. The van der Waals surface area contributed by atoms with Crippen molar-refractivity contribution < 1.29 is 4.39 Å². The van der Waals surface area contributed by atoms with Crippen molar-refractivity contribution in [2.75, 3.05) is 0 Å². The number of hydrogen-bond donors (Lipinski definition) is 0. The Kier molecular flexibility index (Phi) is 6.00. The van der Waals surface area contributed by atoms with Crippen molar-refractivity contribution in [3.8, 4) is 11.4 Å². The van der Waals surface area contributed by atoms with Gasteiger partial charge in [-0.15, -0.1) is 0 Å². The number of allylic oxidation sites excluding steroid dienone is 4. The van der Waals surface area contributed by atoms with Crippen molar-refractivity contribution in [1.29, 1.82) is 0 Å². The highest BCUT2D eigenvalue weighted by molar-refractivity contribution is 8.00. The van der Waals surface area contributed by atoms with Gasteiger partial charge >= 0.3 is 0 Å². The van der Waals surface area contributed by atoms with Crippen LogP contribution in [-0.4, -0.2) is 27.2 Å². The molecule has 0 fully saturated rings. The SMILES string of the molecule is C[Si]1(C)c2ccccc2Sc2cc3c4cccnc4n(-c4cccc(C(F)C5=CC6c7nccn7-c7ccccc7C6C=C5)c4)c3cc21. The first-order chi connectivity index (χ1) is 23.5. The highest BCUT2D eigenvalue weighted by atomic mass is 32.2. The van der Waals surface area contributed by atoms with Gasteiger partial charge in [0.1, 0.15) is 19.5 Å². The predicted molar refractivity (Wildman–Crippen MR) is 196 cm³/mol. The highest BCUT2D eigenvalue weighted by Crippen LogP contribution is 2.47. The lowest BCUT2D eigenvalue weighted by molar-refractivity contribution is 0.396. The molecule has 2 aliphatic heterocycles. The van der Waals surface area contributed by atoms with E-state index in [2.05, 4.69) is 107 Å². The molecule has 0 amide bonds. The van der Waals surface area contributed by atoms with Gasteiger partial charge in [0.25, 0.3) is 0 Å². The fraction of sp³-hybridized carbons (Fsp3) is 0.122. The summed E-state index contributed by atoms with van der Waals surface area (Å²) in [4.78, 5) is 12.3. The Morgan fingerprint density at radius 1 is 0.792 bits per heavy atom. The summed E-state index contributed by atoms with van der Waals surface area (Å²) in [6.07, 6.45) is 10.6. The smallest absolute Gasteiger partial charge is 0.150 e. The van der Waals surface area contributed by atoms with E-state index in [4.69, 9.17) is 9.97 Å². The number of pyridine rings is 1. The number of fused-ring (bicyclic) bond motifs is 11. The second-order valence-electron chi connectivity index (χ2n) is 13.5. The first-order valence-electron chi connectivity index (χ1n) is 16.5. The maximum atomic E-state index is 16.7. The molecule has 7 heteroatoms. The summed E-state index contributed by atoms with van der Waals surface area (Å²) in [5.41, 5.74) is 6.60. The molecule has 48 heavy (non-hydrogen) atoms. The summed E-state index contributed by atoms with van der Waals surface area (Å²) in [5, 5.41) is 5.19. The molecule has 3 unspecified atom stereocenters. The zero-order valence-electron chi connectivity index (χ0n) is 26.5. The summed E-state index contributed by atoms with van der Waals surface area (Å²) in [6, 6.07) is 34.2. The molecule has 1 aliphatic carbocycles. The largest absolute Gasteiger partial charge is 0.303 e. The van der Waals surface area contributed by atoms with Gasteiger partial charge < -0.3 is 4.57 Å². The summed E-state index contributed by atoms with van der Waals surface area (Å²) in [5.74, 6) is 1.05. The highest BCUT2D eigenvalue weighted by Gasteiger charge is 2.37. The Bertz CT molecular complexity index is 2520. The fourth-order valence-electron chi connectivity index (χ4n) is 8.21. The quantitative estimate of drug-likeness (QED) is 0.178. The van der Waals surface area contributed by atoms with Crippen LogP contribution in [-0.2, 0) is 0 Å². The van der Waals surface area contributed by atoms with Crippen molar-refractivity contribution in [3.63, 3.8) is 0 Å². The number of imidazole rings is 1. The molecule has 3 atom stereocenters. The van der Waals surface area contributed by atoms with Crippen molar-refractivity contribution in [1.82, 2.24) is 19.1 Å². The molecule has 3 aromatic heterocycles. The monoisotopic (exact) mass is 658 g/mol. The number of alkyl halides is 1. The van der Waals surface area contributed by atoms with Gasteiger partial charge in [-0.1, -0.05) is 91.6 Å². The van der Waals surface area contributed by atoms with Gasteiger partial charge in [-0.25, -0.2) is 14.4 Å². The lowest BCUT2D eigenvalue weighted by Crippen LogP contribution is -2.56. The summed E-state index contributed by atoms with van der Waals surface area (Å²) >= 11 is 1.87. The van der Waals surface area contributed by atoms with E-state index in [0.717, 1.165) is 33.7 Å². The van der Waals surface area contributed by atoms with Crippen LogP contribution in [0.2, 0.25) is 13.1 Å². The normalized spacial score (nSPS) is 19.2. The Balaban J connectivity index is 1.08. The van der Waals surface area contributed by atoms with E-state index in [0.29, 0.717) is 11.1 Å². The van der Waals surface area contributed by atoms with Gasteiger partial charge in [0.05, 0.1) is 11.2 Å². The Hall–Kier alpha value is -4.98. The van der Waals surface area contributed by atoms with Crippen LogP contribution in [0.25, 0.3) is 33.3 Å². The summed E-state index contributed by atoms with van der Waals surface area (Å²) < 4.78 is 21.1. The molecule has 10 rings (SSSR count). The van der Waals surface area contributed by atoms with Gasteiger partial charge in [0.2, 0.25) is 0 Å². The molecule has 0 spiro atoms. The minimum Gasteiger partial charge on any atom is -0.303 e. The van der Waals surface area contributed by atoms with Crippen LogP contribution in [0.3, 0.4) is 0 Å². The number of rotatable bonds is 3. The van der Waals surface area contributed by atoms with Gasteiger partial charge in [0.15, 0.2) is 6.17 Å². The molecule has 4 nitrogen and oxygen atoms in total. The van der Waals surface area contributed by atoms with Crippen LogP contribution in [0.5, 0.6) is 0 Å². The van der Waals surface area contributed by atoms with E-state index in [-0.39, 0.29) is 11.8 Å². The van der Waals surface area contributed by atoms with Crippen molar-refractivity contribution in [3.05, 3.63) is 156 Å².